The molecule has 0 aliphatic carbocycles. The van der Waals surface area contributed by atoms with Crippen molar-refractivity contribution in [1.29, 1.82) is 0 Å². The highest BCUT2D eigenvalue weighted by Crippen LogP contribution is 2.32. The van der Waals surface area contributed by atoms with E-state index in [1.54, 1.807) is 12.1 Å². The van der Waals surface area contributed by atoms with Crippen LogP contribution in [0.1, 0.15) is 15.9 Å². The van der Waals surface area contributed by atoms with E-state index in [9.17, 15) is 21.6 Å². The zero-order chi connectivity index (χ0) is 23.8. The Kier molecular flexibility index (Phi) is 6.08. The molecule has 4 rings (SSSR count). The molecule has 0 atom stereocenters. The smallest absolute Gasteiger partial charge is 0.260 e. The summed E-state index contributed by atoms with van der Waals surface area (Å²) in [6.45, 7) is 0.242. The van der Waals surface area contributed by atoms with Crippen LogP contribution in [0.25, 0.3) is 10.2 Å². The first kappa shape index (κ1) is 23.1. The normalized spacial score (nSPS) is 12.1. The quantitative estimate of drug-likeness (QED) is 0.397. The van der Waals surface area contributed by atoms with Crippen molar-refractivity contribution in [3.8, 4) is 0 Å². The standard InChI is InChI=1S/C23H20N2O5S3/c1-32(27,28)18-10-8-17(9-11-18)22(26)25(15-16-6-4-3-5-7-16)23-24-20-13-12-19(33(2,29)30)14-21(20)31-23/h3-14H,15H2,1-2H3. The molecule has 0 unspecified atom stereocenters. The predicted molar refractivity (Wildman–Crippen MR) is 129 cm³/mol. The van der Waals surface area contributed by atoms with Gasteiger partial charge in [0.1, 0.15) is 0 Å². The number of carbonyl (C=O) groups excluding carboxylic acids is 1. The van der Waals surface area contributed by atoms with E-state index >= 15 is 0 Å². The summed E-state index contributed by atoms with van der Waals surface area (Å²) in [5.41, 5.74) is 1.78. The number of rotatable bonds is 6. The molecule has 4 aromatic rings. The number of hydrogen-bond acceptors (Lipinski definition) is 7. The van der Waals surface area contributed by atoms with Gasteiger partial charge >= 0.3 is 0 Å². The van der Waals surface area contributed by atoms with E-state index in [1.807, 2.05) is 30.3 Å². The Morgan fingerprint density at radius 3 is 2.06 bits per heavy atom. The molecule has 3 aromatic carbocycles. The Labute approximate surface area is 196 Å². The SMILES string of the molecule is CS(=O)(=O)c1ccc(C(=O)N(Cc2ccccc2)c2nc3ccc(S(C)(=O)=O)cc3s2)cc1. The third kappa shape index (κ3) is 5.13. The summed E-state index contributed by atoms with van der Waals surface area (Å²) in [6.07, 6.45) is 2.25. The average Bonchev–Trinajstić information content (AvgIpc) is 3.20. The topological polar surface area (TPSA) is 101 Å². The second-order valence-electron chi connectivity index (χ2n) is 7.57. The molecule has 7 nitrogen and oxygen atoms in total. The minimum Gasteiger partial charge on any atom is -0.279 e. The van der Waals surface area contributed by atoms with E-state index in [0.29, 0.717) is 20.9 Å². The Morgan fingerprint density at radius 1 is 0.848 bits per heavy atom. The van der Waals surface area contributed by atoms with Crippen LogP contribution in [0.2, 0.25) is 0 Å². The maximum absolute atomic E-state index is 13.5. The maximum Gasteiger partial charge on any atom is 0.260 e. The van der Waals surface area contributed by atoms with Gasteiger partial charge in [0, 0.05) is 18.1 Å². The molecule has 0 N–H and O–H groups in total. The zero-order valence-electron chi connectivity index (χ0n) is 17.8. The fraction of sp³-hybridized carbons (Fsp3) is 0.130. The average molecular weight is 501 g/mol. The minimum absolute atomic E-state index is 0.127. The number of hydrogen-bond donors (Lipinski definition) is 0. The fourth-order valence-corrected chi connectivity index (χ4v) is 5.59. The summed E-state index contributed by atoms with van der Waals surface area (Å²) in [6, 6.07) is 19.8. The molecule has 1 amide bonds. The number of aromatic nitrogens is 1. The van der Waals surface area contributed by atoms with E-state index < -0.39 is 19.7 Å². The van der Waals surface area contributed by atoms with Crippen LogP contribution in [0.4, 0.5) is 5.13 Å². The van der Waals surface area contributed by atoms with Gasteiger partial charge in [-0.3, -0.25) is 9.69 Å². The number of sulfone groups is 2. The number of fused-ring (bicyclic) bond motifs is 1. The van der Waals surface area contributed by atoms with E-state index in [4.69, 9.17) is 0 Å². The van der Waals surface area contributed by atoms with Gasteiger partial charge in [-0.05, 0) is 48.0 Å². The molecule has 1 aromatic heterocycles. The number of benzene rings is 3. The Balaban J connectivity index is 1.77. The van der Waals surface area contributed by atoms with Gasteiger partial charge in [-0.1, -0.05) is 41.7 Å². The molecule has 0 aliphatic heterocycles. The molecular weight excluding hydrogens is 480 g/mol. The summed E-state index contributed by atoms with van der Waals surface area (Å²) in [5.74, 6) is -0.346. The highest BCUT2D eigenvalue weighted by molar-refractivity contribution is 7.91. The van der Waals surface area contributed by atoms with Crippen LogP contribution < -0.4 is 4.90 Å². The highest BCUT2D eigenvalue weighted by Gasteiger charge is 2.23. The molecule has 0 aliphatic rings. The molecule has 33 heavy (non-hydrogen) atoms. The largest absolute Gasteiger partial charge is 0.279 e. The first-order valence-electron chi connectivity index (χ1n) is 9.79. The highest BCUT2D eigenvalue weighted by atomic mass is 32.2. The molecule has 0 bridgehead atoms. The van der Waals surface area contributed by atoms with Gasteiger partial charge < -0.3 is 0 Å². The molecule has 0 saturated heterocycles. The molecule has 1 heterocycles. The lowest BCUT2D eigenvalue weighted by molar-refractivity contribution is 0.0985. The van der Waals surface area contributed by atoms with Crippen molar-refractivity contribution in [2.45, 2.75) is 16.3 Å². The van der Waals surface area contributed by atoms with Crippen LogP contribution in [0.5, 0.6) is 0 Å². The van der Waals surface area contributed by atoms with Gasteiger partial charge in [-0.15, -0.1) is 0 Å². The monoisotopic (exact) mass is 500 g/mol. The third-order valence-electron chi connectivity index (χ3n) is 4.97. The molecule has 170 valence electrons. The summed E-state index contributed by atoms with van der Waals surface area (Å²) in [7, 11) is -6.76. The van der Waals surface area contributed by atoms with Gasteiger partial charge in [0.25, 0.3) is 5.91 Å². The van der Waals surface area contributed by atoms with Gasteiger partial charge in [0.15, 0.2) is 24.8 Å². The number of thiazole rings is 1. The maximum atomic E-state index is 13.5. The van der Waals surface area contributed by atoms with Crippen molar-refractivity contribution < 1.29 is 21.6 Å². The third-order valence-corrected chi connectivity index (χ3v) is 8.25. The van der Waals surface area contributed by atoms with Crippen LogP contribution in [-0.2, 0) is 26.2 Å². The van der Waals surface area contributed by atoms with Gasteiger partial charge in [0.2, 0.25) is 0 Å². The lowest BCUT2D eigenvalue weighted by atomic mass is 10.1. The predicted octanol–water partition coefficient (Wildman–Crippen LogP) is 3.95. The van der Waals surface area contributed by atoms with E-state index in [0.717, 1.165) is 18.1 Å². The fourth-order valence-electron chi connectivity index (χ4n) is 3.23. The number of carbonyl (C=O) groups is 1. The van der Waals surface area contributed by atoms with Gasteiger partial charge in [-0.25, -0.2) is 21.8 Å². The van der Waals surface area contributed by atoms with Crippen LogP contribution >= 0.6 is 11.3 Å². The van der Waals surface area contributed by atoms with Crippen molar-refractivity contribution in [2.75, 3.05) is 17.4 Å². The Bertz CT molecular complexity index is 1540. The van der Waals surface area contributed by atoms with Crippen molar-refractivity contribution in [3.63, 3.8) is 0 Å². The zero-order valence-corrected chi connectivity index (χ0v) is 20.2. The summed E-state index contributed by atoms with van der Waals surface area (Å²) in [4.78, 5) is 19.8. The van der Waals surface area contributed by atoms with Gasteiger partial charge in [-0.2, -0.15) is 0 Å². The molecular formula is C23H20N2O5S3. The summed E-state index contributed by atoms with van der Waals surface area (Å²) >= 11 is 1.22. The minimum atomic E-state index is -3.38. The first-order chi connectivity index (χ1) is 15.5. The van der Waals surface area contributed by atoms with Crippen molar-refractivity contribution in [2.24, 2.45) is 0 Å². The Morgan fingerprint density at radius 2 is 1.45 bits per heavy atom. The van der Waals surface area contributed by atoms with Crippen LogP contribution in [0.3, 0.4) is 0 Å². The molecule has 0 spiro atoms. The molecule has 0 fully saturated rings. The van der Waals surface area contributed by atoms with Crippen LogP contribution in [0, 0.1) is 0 Å². The molecule has 10 heteroatoms. The van der Waals surface area contributed by atoms with Crippen LogP contribution in [0.15, 0.2) is 82.6 Å². The number of amides is 1. The van der Waals surface area contributed by atoms with Crippen molar-refractivity contribution >= 4 is 52.3 Å². The summed E-state index contributed by atoms with van der Waals surface area (Å²) < 4.78 is 48.0. The van der Waals surface area contributed by atoms with E-state index in [1.165, 1.54) is 46.6 Å². The van der Waals surface area contributed by atoms with Gasteiger partial charge in [0.05, 0.1) is 26.6 Å². The lowest BCUT2D eigenvalue weighted by Crippen LogP contribution is -2.30. The van der Waals surface area contributed by atoms with E-state index in [2.05, 4.69) is 4.98 Å². The number of anilines is 1. The second-order valence-corrected chi connectivity index (χ2v) is 12.6. The van der Waals surface area contributed by atoms with Crippen molar-refractivity contribution in [1.82, 2.24) is 4.98 Å². The summed E-state index contributed by atoms with van der Waals surface area (Å²) in [5, 5.41) is 0.414. The molecule has 0 radical (unpaired) electrons. The lowest BCUT2D eigenvalue weighted by Gasteiger charge is -2.20. The number of nitrogens with zero attached hydrogens (tertiary/aromatic N) is 2. The first-order valence-corrected chi connectivity index (χ1v) is 14.4. The molecule has 0 saturated carbocycles. The van der Waals surface area contributed by atoms with Crippen LogP contribution in [-0.4, -0.2) is 40.2 Å². The van der Waals surface area contributed by atoms with E-state index in [-0.39, 0.29) is 22.2 Å². The second kappa shape index (κ2) is 8.69. The van der Waals surface area contributed by atoms with Crippen molar-refractivity contribution in [3.05, 3.63) is 83.9 Å². The Hall–Kier alpha value is -3.08.